The van der Waals surface area contributed by atoms with Crippen molar-refractivity contribution in [1.82, 2.24) is 9.55 Å². The predicted molar refractivity (Wildman–Crippen MR) is 111 cm³/mol. The van der Waals surface area contributed by atoms with Crippen LogP contribution in [0.15, 0.2) is 23.4 Å². The van der Waals surface area contributed by atoms with Gasteiger partial charge in [0.2, 0.25) is 5.91 Å². The van der Waals surface area contributed by atoms with Crippen LogP contribution >= 0.6 is 11.8 Å². The number of anilines is 1. The number of amides is 1. The number of esters is 1. The molecule has 1 aromatic carbocycles. The third-order valence-electron chi connectivity index (χ3n) is 5.31. The van der Waals surface area contributed by atoms with Crippen molar-refractivity contribution < 1.29 is 14.3 Å². The molecule has 1 heterocycles. The number of carbonyl (C=O) groups excluding carboxylic acids is 2. The number of thioether (sulfide) groups is 1. The number of nitrogens with one attached hydrogen (secondary N) is 1. The first-order valence-corrected chi connectivity index (χ1v) is 10.6. The Hall–Kier alpha value is -2.28. The van der Waals surface area contributed by atoms with Crippen LogP contribution in [-0.4, -0.2) is 34.3 Å². The van der Waals surface area contributed by atoms with Crippen molar-refractivity contribution in [3.05, 3.63) is 40.7 Å². The van der Waals surface area contributed by atoms with Gasteiger partial charge in [0.25, 0.3) is 0 Å². The normalized spacial score (nSPS) is 14.3. The quantitative estimate of drug-likeness (QED) is 0.572. The largest absolute Gasteiger partial charge is 0.465 e. The Labute approximate surface area is 170 Å². The van der Waals surface area contributed by atoms with E-state index in [1.165, 1.54) is 50.2 Å². The van der Waals surface area contributed by atoms with E-state index >= 15 is 0 Å². The molecular formula is C21H27N3O3S. The Morgan fingerprint density at radius 3 is 2.64 bits per heavy atom. The van der Waals surface area contributed by atoms with Gasteiger partial charge in [-0.1, -0.05) is 30.7 Å². The van der Waals surface area contributed by atoms with E-state index < -0.39 is 5.97 Å². The first-order chi connectivity index (χ1) is 13.4. The zero-order chi connectivity index (χ0) is 20.3. The van der Waals surface area contributed by atoms with Crippen molar-refractivity contribution in [1.29, 1.82) is 0 Å². The molecule has 1 aromatic heterocycles. The van der Waals surface area contributed by atoms with Gasteiger partial charge in [-0.15, -0.1) is 0 Å². The Morgan fingerprint density at radius 1 is 1.25 bits per heavy atom. The highest BCUT2D eigenvalue weighted by Crippen LogP contribution is 2.35. The molecule has 0 spiro atoms. The number of nitrogens with zero attached hydrogens (tertiary/aromatic N) is 2. The van der Waals surface area contributed by atoms with E-state index in [9.17, 15) is 9.59 Å². The number of hydrogen-bond acceptors (Lipinski definition) is 5. The van der Waals surface area contributed by atoms with Crippen molar-refractivity contribution in [2.75, 3.05) is 18.2 Å². The van der Waals surface area contributed by atoms with E-state index in [1.807, 2.05) is 13.8 Å². The molecule has 1 N–H and O–H groups in total. The van der Waals surface area contributed by atoms with Crippen LogP contribution in [0.5, 0.6) is 0 Å². The van der Waals surface area contributed by atoms with Gasteiger partial charge in [-0.05, 0) is 51.3 Å². The number of rotatable bonds is 6. The lowest BCUT2D eigenvalue weighted by Crippen LogP contribution is -2.16. The van der Waals surface area contributed by atoms with Crippen LogP contribution in [0.1, 0.15) is 59.0 Å². The fourth-order valence-corrected chi connectivity index (χ4v) is 4.57. The summed E-state index contributed by atoms with van der Waals surface area (Å²) in [6.07, 6.45) is 4.86. The summed E-state index contributed by atoms with van der Waals surface area (Å²) in [6, 6.07) is 5.63. The molecule has 0 bridgehead atoms. The minimum Gasteiger partial charge on any atom is -0.465 e. The van der Waals surface area contributed by atoms with Crippen molar-refractivity contribution in [2.45, 2.75) is 57.7 Å². The maximum atomic E-state index is 12.5. The number of aromatic nitrogens is 2. The maximum absolute atomic E-state index is 12.5. The van der Waals surface area contributed by atoms with Crippen LogP contribution in [0.25, 0.3) is 0 Å². The maximum Gasteiger partial charge on any atom is 0.337 e. The van der Waals surface area contributed by atoms with Gasteiger partial charge < -0.3 is 14.6 Å². The molecule has 6 nitrogen and oxygen atoms in total. The molecular weight excluding hydrogens is 374 g/mol. The molecule has 0 aliphatic heterocycles. The van der Waals surface area contributed by atoms with Crippen molar-refractivity contribution in [3.63, 3.8) is 0 Å². The highest BCUT2D eigenvalue weighted by Gasteiger charge is 2.23. The molecule has 0 radical (unpaired) electrons. The summed E-state index contributed by atoms with van der Waals surface area (Å²) >= 11 is 1.47. The number of methoxy groups -OCH3 is 1. The van der Waals surface area contributed by atoms with E-state index in [0.29, 0.717) is 17.3 Å². The highest BCUT2D eigenvalue weighted by atomic mass is 32.2. The molecule has 150 valence electrons. The first kappa shape index (κ1) is 20.5. The van der Waals surface area contributed by atoms with E-state index in [-0.39, 0.29) is 11.7 Å². The van der Waals surface area contributed by atoms with Crippen LogP contribution in [0, 0.1) is 20.8 Å². The Morgan fingerprint density at radius 2 is 1.96 bits per heavy atom. The summed E-state index contributed by atoms with van der Waals surface area (Å²) in [5.74, 6) is -0.273. The van der Waals surface area contributed by atoms with E-state index in [1.54, 1.807) is 18.2 Å². The molecule has 1 aliphatic rings. The molecule has 0 saturated heterocycles. The van der Waals surface area contributed by atoms with Gasteiger partial charge in [0, 0.05) is 17.4 Å². The number of hydrogen-bond donors (Lipinski definition) is 1. The topological polar surface area (TPSA) is 73.2 Å². The predicted octanol–water partition coefficient (Wildman–Crippen LogP) is 4.44. The minimum atomic E-state index is -0.422. The molecule has 7 heteroatoms. The highest BCUT2D eigenvalue weighted by molar-refractivity contribution is 7.99. The summed E-state index contributed by atoms with van der Waals surface area (Å²) in [7, 11) is 1.34. The van der Waals surface area contributed by atoms with Crippen molar-refractivity contribution >= 4 is 29.3 Å². The fraction of sp³-hybridized carbons (Fsp3) is 0.476. The molecule has 1 saturated carbocycles. The second kappa shape index (κ2) is 8.82. The average molecular weight is 402 g/mol. The lowest BCUT2D eigenvalue weighted by molar-refractivity contribution is -0.113. The molecule has 28 heavy (non-hydrogen) atoms. The zero-order valence-corrected chi connectivity index (χ0v) is 17.7. The van der Waals surface area contributed by atoms with Gasteiger partial charge in [-0.25, -0.2) is 9.78 Å². The fourth-order valence-electron chi connectivity index (χ4n) is 3.61. The summed E-state index contributed by atoms with van der Waals surface area (Å²) in [6.45, 7) is 6.02. The van der Waals surface area contributed by atoms with E-state index in [0.717, 1.165) is 16.4 Å². The number of imidazole rings is 1. The van der Waals surface area contributed by atoms with Gasteiger partial charge >= 0.3 is 5.97 Å². The Bertz CT molecular complexity index is 885. The van der Waals surface area contributed by atoms with Gasteiger partial charge in [0.15, 0.2) is 5.16 Å². The number of carbonyl (C=O) groups is 2. The van der Waals surface area contributed by atoms with Gasteiger partial charge in [0.1, 0.15) is 0 Å². The van der Waals surface area contributed by atoms with Crippen molar-refractivity contribution in [2.24, 2.45) is 0 Å². The third kappa shape index (κ3) is 4.41. The Balaban J connectivity index is 1.69. The monoisotopic (exact) mass is 401 g/mol. The molecule has 0 atom stereocenters. The number of aryl methyl sites for hydroxylation is 2. The molecule has 1 aliphatic carbocycles. The molecule has 0 unspecified atom stereocenters. The summed E-state index contributed by atoms with van der Waals surface area (Å²) in [5, 5.41) is 3.82. The standard InChI is InChI=1S/C21H27N3O3S/c1-13-9-10-16(20(26)27-4)11-18(13)23-19(25)12-28-21-22-14(2)15(3)24(21)17-7-5-6-8-17/h9-11,17H,5-8,12H2,1-4H3,(H,23,25). The molecule has 2 aromatic rings. The van der Waals surface area contributed by atoms with Crippen LogP contribution in [0.2, 0.25) is 0 Å². The zero-order valence-electron chi connectivity index (χ0n) is 16.9. The van der Waals surface area contributed by atoms with Crippen LogP contribution < -0.4 is 5.32 Å². The van der Waals surface area contributed by atoms with Crippen LogP contribution in [-0.2, 0) is 9.53 Å². The first-order valence-electron chi connectivity index (χ1n) is 9.57. The Kier molecular flexibility index (Phi) is 6.44. The van der Waals surface area contributed by atoms with Gasteiger partial charge in [-0.2, -0.15) is 0 Å². The molecule has 1 amide bonds. The van der Waals surface area contributed by atoms with Crippen LogP contribution in [0.3, 0.4) is 0 Å². The SMILES string of the molecule is COC(=O)c1ccc(C)c(NC(=O)CSc2nc(C)c(C)n2C2CCCC2)c1. The van der Waals surface area contributed by atoms with E-state index in [2.05, 4.69) is 21.8 Å². The number of ether oxygens (including phenoxy) is 1. The van der Waals surface area contributed by atoms with Gasteiger partial charge in [-0.3, -0.25) is 4.79 Å². The van der Waals surface area contributed by atoms with Gasteiger partial charge in [0.05, 0.1) is 24.1 Å². The summed E-state index contributed by atoms with van der Waals surface area (Å²) in [4.78, 5) is 28.9. The van der Waals surface area contributed by atoms with Crippen molar-refractivity contribution in [3.8, 4) is 0 Å². The second-order valence-corrected chi connectivity index (χ2v) is 8.17. The smallest absolute Gasteiger partial charge is 0.337 e. The lowest BCUT2D eigenvalue weighted by atomic mass is 10.1. The second-order valence-electron chi connectivity index (χ2n) is 7.23. The number of benzene rings is 1. The average Bonchev–Trinajstić information content (AvgIpc) is 3.29. The minimum absolute atomic E-state index is 0.119. The van der Waals surface area contributed by atoms with Crippen LogP contribution in [0.4, 0.5) is 5.69 Å². The summed E-state index contributed by atoms with van der Waals surface area (Å²) in [5.41, 5.74) is 4.15. The third-order valence-corrected chi connectivity index (χ3v) is 6.26. The molecule has 1 fully saturated rings. The molecule has 3 rings (SSSR count). The summed E-state index contributed by atoms with van der Waals surface area (Å²) < 4.78 is 7.06. The lowest BCUT2D eigenvalue weighted by Gasteiger charge is -2.17. The van der Waals surface area contributed by atoms with E-state index in [4.69, 9.17) is 4.74 Å².